The van der Waals surface area contributed by atoms with Gasteiger partial charge in [-0.05, 0) is 12.8 Å². The van der Waals surface area contributed by atoms with E-state index in [1.165, 1.54) is 5.69 Å². The summed E-state index contributed by atoms with van der Waals surface area (Å²) in [5, 5.41) is 10.8. The molecule has 0 saturated carbocycles. The zero-order valence-corrected chi connectivity index (χ0v) is 10.2. The lowest BCUT2D eigenvalue weighted by molar-refractivity contribution is -0.00916. The van der Waals surface area contributed by atoms with Crippen molar-refractivity contribution in [2.24, 2.45) is 0 Å². The average molecular weight is 242 g/mol. The van der Waals surface area contributed by atoms with E-state index in [-0.39, 0.29) is 6.61 Å². The van der Waals surface area contributed by atoms with Gasteiger partial charge in [0.2, 0.25) is 0 Å². The molecule has 0 amide bonds. The third-order valence-electron chi connectivity index (χ3n) is 2.85. The zero-order valence-electron chi connectivity index (χ0n) is 9.34. The fraction of sp³-hybridized carbons (Fsp3) is 0.727. The minimum Gasteiger partial charge on any atom is -0.394 e. The van der Waals surface area contributed by atoms with Gasteiger partial charge in [-0.15, -0.1) is 11.3 Å². The summed E-state index contributed by atoms with van der Waals surface area (Å²) in [6.45, 7) is 3.67. The zero-order chi connectivity index (χ0) is 11.2. The van der Waals surface area contributed by atoms with Crippen LogP contribution in [0.3, 0.4) is 0 Å². The van der Waals surface area contributed by atoms with Gasteiger partial charge in [-0.2, -0.15) is 0 Å². The van der Waals surface area contributed by atoms with Gasteiger partial charge in [-0.3, -0.25) is 4.90 Å². The van der Waals surface area contributed by atoms with Crippen molar-refractivity contribution >= 4 is 11.3 Å². The van der Waals surface area contributed by atoms with E-state index in [4.69, 9.17) is 9.84 Å². The maximum atomic E-state index is 8.68. The van der Waals surface area contributed by atoms with Crippen LogP contribution in [-0.4, -0.2) is 47.4 Å². The van der Waals surface area contributed by atoms with Crippen LogP contribution in [0, 0.1) is 0 Å². The molecule has 5 heteroatoms. The summed E-state index contributed by atoms with van der Waals surface area (Å²) in [6.07, 6.45) is 2.45. The van der Waals surface area contributed by atoms with Crippen molar-refractivity contribution in [2.75, 3.05) is 26.3 Å². The molecule has 0 radical (unpaired) electrons. The maximum Gasteiger partial charge on any atom is 0.0795 e. The fourth-order valence-corrected chi connectivity index (χ4v) is 2.55. The number of ether oxygens (including phenoxy) is 1. The van der Waals surface area contributed by atoms with Crippen LogP contribution in [0.5, 0.6) is 0 Å². The topological polar surface area (TPSA) is 45.6 Å². The Morgan fingerprint density at radius 2 is 2.31 bits per heavy atom. The van der Waals surface area contributed by atoms with E-state index in [1.807, 2.05) is 5.51 Å². The second kappa shape index (κ2) is 6.30. The molecule has 1 saturated heterocycles. The Hall–Kier alpha value is -0.490. The molecule has 4 nitrogen and oxygen atoms in total. The monoisotopic (exact) mass is 242 g/mol. The van der Waals surface area contributed by atoms with Crippen LogP contribution in [0.4, 0.5) is 0 Å². The van der Waals surface area contributed by atoms with E-state index in [0.717, 1.165) is 32.5 Å². The molecule has 1 aromatic heterocycles. The van der Waals surface area contributed by atoms with Crippen LogP contribution >= 0.6 is 11.3 Å². The summed E-state index contributed by atoms with van der Waals surface area (Å²) < 4.78 is 5.53. The first kappa shape index (κ1) is 12.0. The molecule has 2 heterocycles. The fourth-order valence-electron chi connectivity index (χ4n) is 2.00. The molecular weight excluding hydrogens is 224 g/mol. The highest BCUT2D eigenvalue weighted by molar-refractivity contribution is 7.07. The van der Waals surface area contributed by atoms with E-state index >= 15 is 0 Å². The van der Waals surface area contributed by atoms with Crippen molar-refractivity contribution in [3.05, 3.63) is 16.6 Å². The van der Waals surface area contributed by atoms with E-state index in [2.05, 4.69) is 15.3 Å². The van der Waals surface area contributed by atoms with Crippen LogP contribution in [0.1, 0.15) is 18.5 Å². The molecular formula is C11H18N2O2S. The molecule has 1 aliphatic heterocycles. The third kappa shape index (κ3) is 3.52. The minimum atomic E-state index is 0.124. The van der Waals surface area contributed by atoms with Gasteiger partial charge in [-0.25, -0.2) is 4.98 Å². The first-order valence-electron chi connectivity index (χ1n) is 5.70. The molecule has 0 unspecified atom stereocenters. The van der Waals surface area contributed by atoms with Crippen molar-refractivity contribution in [2.45, 2.75) is 25.5 Å². The Morgan fingerprint density at radius 3 is 2.94 bits per heavy atom. The Morgan fingerprint density at radius 1 is 1.50 bits per heavy atom. The number of thiazole rings is 1. The molecule has 0 aromatic carbocycles. The number of rotatable bonds is 5. The van der Waals surface area contributed by atoms with Gasteiger partial charge in [-0.1, -0.05) is 0 Å². The van der Waals surface area contributed by atoms with Gasteiger partial charge in [0.1, 0.15) is 0 Å². The summed E-state index contributed by atoms with van der Waals surface area (Å²) >= 11 is 1.65. The standard InChI is InChI=1S/C11H18N2O2S/c14-5-6-15-11-1-3-13(4-2-11)7-10-8-16-9-12-10/h8-9,11,14H,1-7H2. The summed E-state index contributed by atoms with van der Waals surface area (Å²) in [5.41, 5.74) is 3.05. The van der Waals surface area contributed by atoms with Crippen molar-refractivity contribution in [3.63, 3.8) is 0 Å². The number of nitrogens with zero attached hydrogens (tertiary/aromatic N) is 2. The van der Waals surface area contributed by atoms with Gasteiger partial charge >= 0.3 is 0 Å². The molecule has 90 valence electrons. The second-order valence-electron chi connectivity index (χ2n) is 4.05. The molecule has 16 heavy (non-hydrogen) atoms. The smallest absolute Gasteiger partial charge is 0.0795 e. The number of aliphatic hydroxyl groups excluding tert-OH is 1. The Balaban J connectivity index is 1.69. The lowest BCUT2D eigenvalue weighted by atomic mass is 10.1. The van der Waals surface area contributed by atoms with E-state index in [0.29, 0.717) is 12.7 Å². The van der Waals surface area contributed by atoms with Gasteiger partial charge in [0, 0.05) is 25.0 Å². The Kier molecular flexibility index (Phi) is 4.71. The summed E-state index contributed by atoms with van der Waals surface area (Å²) in [7, 11) is 0. The predicted molar refractivity (Wildman–Crippen MR) is 63.5 cm³/mol. The number of aromatic nitrogens is 1. The Labute approximate surface area is 99.9 Å². The highest BCUT2D eigenvalue weighted by Crippen LogP contribution is 2.16. The molecule has 1 N–H and O–H groups in total. The van der Waals surface area contributed by atoms with Crippen molar-refractivity contribution in [1.29, 1.82) is 0 Å². The van der Waals surface area contributed by atoms with E-state index < -0.39 is 0 Å². The summed E-state index contributed by atoms with van der Waals surface area (Å²) in [4.78, 5) is 6.70. The number of piperidine rings is 1. The number of hydrogen-bond donors (Lipinski definition) is 1. The van der Waals surface area contributed by atoms with Crippen LogP contribution in [0.25, 0.3) is 0 Å². The maximum absolute atomic E-state index is 8.68. The van der Waals surface area contributed by atoms with Crippen molar-refractivity contribution in [1.82, 2.24) is 9.88 Å². The highest BCUT2D eigenvalue weighted by Gasteiger charge is 2.19. The SMILES string of the molecule is OCCOC1CCN(Cc2cscn2)CC1. The molecule has 2 rings (SSSR count). The van der Waals surface area contributed by atoms with E-state index in [9.17, 15) is 0 Å². The van der Waals surface area contributed by atoms with E-state index in [1.54, 1.807) is 11.3 Å². The molecule has 0 aliphatic carbocycles. The number of aliphatic hydroxyl groups is 1. The largest absolute Gasteiger partial charge is 0.394 e. The van der Waals surface area contributed by atoms with Gasteiger partial charge < -0.3 is 9.84 Å². The molecule has 1 aliphatic rings. The first-order chi connectivity index (χ1) is 7.88. The summed E-state index contributed by atoms with van der Waals surface area (Å²) in [6, 6.07) is 0. The second-order valence-corrected chi connectivity index (χ2v) is 4.77. The molecule has 1 fully saturated rings. The van der Waals surface area contributed by atoms with Crippen LogP contribution in [0.2, 0.25) is 0 Å². The number of likely N-dealkylation sites (tertiary alicyclic amines) is 1. The van der Waals surface area contributed by atoms with Crippen molar-refractivity contribution < 1.29 is 9.84 Å². The lowest BCUT2D eigenvalue weighted by Crippen LogP contribution is -2.36. The van der Waals surface area contributed by atoms with Gasteiger partial charge in [0.15, 0.2) is 0 Å². The highest BCUT2D eigenvalue weighted by atomic mass is 32.1. The first-order valence-corrected chi connectivity index (χ1v) is 6.64. The summed E-state index contributed by atoms with van der Waals surface area (Å²) in [5.74, 6) is 0. The molecule has 0 spiro atoms. The van der Waals surface area contributed by atoms with Crippen molar-refractivity contribution in [3.8, 4) is 0 Å². The van der Waals surface area contributed by atoms with Gasteiger partial charge in [0.25, 0.3) is 0 Å². The third-order valence-corrected chi connectivity index (χ3v) is 3.48. The molecule has 0 atom stereocenters. The minimum absolute atomic E-state index is 0.124. The van der Waals surface area contributed by atoms with Crippen LogP contribution in [-0.2, 0) is 11.3 Å². The number of hydrogen-bond acceptors (Lipinski definition) is 5. The quantitative estimate of drug-likeness (QED) is 0.840. The average Bonchev–Trinajstić information content (AvgIpc) is 2.81. The normalized spacial score (nSPS) is 19.1. The lowest BCUT2D eigenvalue weighted by Gasteiger charge is -2.31. The van der Waals surface area contributed by atoms with Crippen LogP contribution in [0.15, 0.2) is 10.9 Å². The molecule has 0 bridgehead atoms. The van der Waals surface area contributed by atoms with Crippen LogP contribution < -0.4 is 0 Å². The predicted octanol–water partition coefficient (Wildman–Crippen LogP) is 1.12. The molecule has 1 aromatic rings. The Bertz CT molecular complexity index is 284. The van der Waals surface area contributed by atoms with Gasteiger partial charge in [0.05, 0.1) is 30.5 Å².